The van der Waals surface area contributed by atoms with Gasteiger partial charge >= 0.3 is 0 Å². The van der Waals surface area contributed by atoms with Crippen molar-refractivity contribution in [3.63, 3.8) is 0 Å². The van der Waals surface area contributed by atoms with Crippen molar-refractivity contribution in [3.8, 4) is 0 Å². The number of carbonyl (C=O) groups excluding carboxylic acids is 1. The fourth-order valence-corrected chi connectivity index (χ4v) is 3.41. The number of benzene rings is 1. The highest BCUT2D eigenvalue weighted by Crippen LogP contribution is 2.32. The number of anilines is 1. The number of Topliss-reactive ketones (excluding diaryl/α,β-unsaturated/α-hetero) is 1. The molecule has 10 heteroatoms. The van der Waals surface area contributed by atoms with Gasteiger partial charge in [0, 0.05) is 36.8 Å². The van der Waals surface area contributed by atoms with E-state index in [9.17, 15) is 24.1 Å². The number of halogens is 2. The van der Waals surface area contributed by atoms with Crippen molar-refractivity contribution in [2.45, 2.75) is 25.9 Å². The van der Waals surface area contributed by atoms with Crippen molar-refractivity contribution in [2.24, 2.45) is 5.73 Å². The molecule has 0 saturated carbocycles. The van der Waals surface area contributed by atoms with Crippen molar-refractivity contribution in [1.82, 2.24) is 4.57 Å². The van der Waals surface area contributed by atoms with E-state index in [1.54, 1.807) is 6.92 Å². The summed E-state index contributed by atoms with van der Waals surface area (Å²) in [6.45, 7) is 1.43. The summed E-state index contributed by atoms with van der Waals surface area (Å²) in [6.07, 6.45) is 1.68. The fourth-order valence-electron chi connectivity index (χ4n) is 3.41. The van der Waals surface area contributed by atoms with E-state index < -0.39 is 39.9 Å². The highest BCUT2D eigenvalue weighted by Gasteiger charge is 2.29. The Morgan fingerprint density at radius 1 is 1.44 bits per heavy atom. The lowest BCUT2D eigenvalue weighted by molar-refractivity contribution is -0.465. The highest BCUT2D eigenvalue weighted by atomic mass is 19.1. The number of pyridine rings is 1. The Morgan fingerprint density at radius 3 is 2.70 bits per heavy atom. The maximum atomic E-state index is 15.2. The Hall–Kier alpha value is -2.88. The van der Waals surface area contributed by atoms with Crippen LogP contribution in [-0.2, 0) is 6.54 Å². The predicted octanol–water partition coefficient (Wildman–Crippen LogP) is 1.30. The van der Waals surface area contributed by atoms with E-state index in [0.717, 1.165) is 12.3 Å². The predicted molar refractivity (Wildman–Crippen MR) is 94.8 cm³/mol. The number of rotatable bonds is 5. The van der Waals surface area contributed by atoms with Gasteiger partial charge in [-0.2, -0.15) is 0 Å². The van der Waals surface area contributed by atoms with Gasteiger partial charge in [-0.05, 0) is 19.4 Å². The molecule has 144 valence electrons. The summed E-state index contributed by atoms with van der Waals surface area (Å²) in [5.74, 6) is -2.86. The second-order valence-electron chi connectivity index (χ2n) is 6.48. The quantitative estimate of drug-likeness (QED) is 0.475. The summed E-state index contributed by atoms with van der Waals surface area (Å²) in [6, 6.07) is 0.685. The number of ketones is 1. The molecule has 1 aliphatic rings. The van der Waals surface area contributed by atoms with Crippen LogP contribution in [0.25, 0.3) is 10.9 Å². The summed E-state index contributed by atoms with van der Waals surface area (Å²) in [5.41, 5.74) is 4.02. The second kappa shape index (κ2) is 7.03. The molecule has 1 aliphatic heterocycles. The SMILES string of the molecule is CCn1cc(C(=O)C[N+](=O)[O-])c(=O)c2cc(F)c(N3CCC(N)C3)c(F)c21. The van der Waals surface area contributed by atoms with Crippen molar-refractivity contribution in [2.75, 3.05) is 24.5 Å². The zero-order chi connectivity index (χ0) is 19.9. The molecule has 0 bridgehead atoms. The maximum Gasteiger partial charge on any atom is 0.266 e. The summed E-state index contributed by atoms with van der Waals surface area (Å²) in [5, 5.41) is 10.3. The Morgan fingerprint density at radius 2 is 2.15 bits per heavy atom. The lowest BCUT2D eigenvalue weighted by atomic mass is 10.1. The molecule has 3 rings (SSSR count). The molecule has 2 heterocycles. The smallest absolute Gasteiger partial charge is 0.266 e. The Kier molecular flexibility index (Phi) is 4.92. The largest absolute Gasteiger partial charge is 0.365 e. The highest BCUT2D eigenvalue weighted by molar-refractivity contribution is 6.00. The van der Waals surface area contributed by atoms with E-state index in [-0.39, 0.29) is 35.7 Å². The molecule has 0 spiro atoms. The molecule has 1 saturated heterocycles. The van der Waals surface area contributed by atoms with E-state index in [1.807, 2.05) is 0 Å². The second-order valence-corrected chi connectivity index (χ2v) is 6.48. The van der Waals surface area contributed by atoms with Crippen LogP contribution < -0.4 is 16.1 Å². The van der Waals surface area contributed by atoms with Gasteiger partial charge in [0.2, 0.25) is 11.2 Å². The molecule has 2 aromatic rings. The van der Waals surface area contributed by atoms with Crippen molar-refractivity contribution in [1.29, 1.82) is 0 Å². The van der Waals surface area contributed by atoms with Gasteiger partial charge in [0.25, 0.3) is 6.54 Å². The molecule has 0 amide bonds. The third kappa shape index (κ3) is 3.27. The molecule has 1 aromatic heterocycles. The van der Waals surface area contributed by atoms with Crippen LogP contribution in [0.5, 0.6) is 0 Å². The van der Waals surface area contributed by atoms with Crippen molar-refractivity contribution < 1.29 is 18.5 Å². The van der Waals surface area contributed by atoms with Gasteiger partial charge in [-0.15, -0.1) is 0 Å². The molecule has 8 nitrogen and oxygen atoms in total. The Labute approximate surface area is 152 Å². The van der Waals surface area contributed by atoms with Crippen LogP contribution in [0.1, 0.15) is 23.7 Å². The molecule has 0 radical (unpaired) electrons. The monoisotopic (exact) mass is 380 g/mol. The van der Waals surface area contributed by atoms with Crippen LogP contribution >= 0.6 is 0 Å². The molecule has 2 N–H and O–H groups in total. The maximum absolute atomic E-state index is 15.2. The number of fused-ring (bicyclic) bond motifs is 1. The molecular weight excluding hydrogens is 362 g/mol. The van der Waals surface area contributed by atoms with Gasteiger partial charge in [-0.1, -0.05) is 0 Å². The molecule has 0 aliphatic carbocycles. The number of carbonyl (C=O) groups is 1. The molecular formula is C17H18F2N4O4. The molecule has 1 unspecified atom stereocenters. The molecule has 1 aromatic carbocycles. The van der Waals surface area contributed by atoms with E-state index in [0.29, 0.717) is 13.0 Å². The van der Waals surface area contributed by atoms with Crippen LogP contribution in [0.3, 0.4) is 0 Å². The minimum atomic E-state index is -1.07. The third-order valence-electron chi connectivity index (χ3n) is 4.68. The van der Waals surface area contributed by atoms with Gasteiger partial charge in [0.15, 0.2) is 5.82 Å². The summed E-state index contributed by atoms with van der Waals surface area (Å²) in [4.78, 5) is 35.8. The van der Waals surface area contributed by atoms with E-state index in [2.05, 4.69) is 0 Å². The molecule has 1 fully saturated rings. The first-order valence-corrected chi connectivity index (χ1v) is 8.45. The third-order valence-corrected chi connectivity index (χ3v) is 4.68. The topological polar surface area (TPSA) is 111 Å². The van der Waals surface area contributed by atoms with Gasteiger partial charge in [-0.3, -0.25) is 19.7 Å². The van der Waals surface area contributed by atoms with Crippen LogP contribution in [0.2, 0.25) is 0 Å². The fraction of sp³-hybridized carbons (Fsp3) is 0.412. The normalized spacial score (nSPS) is 16.9. The number of nitrogens with two attached hydrogens (primary N) is 1. The zero-order valence-electron chi connectivity index (χ0n) is 14.6. The average molecular weight is 380 g/mol. The van der Waals surface area contributed by atoms with Crippen LogP contribution in [0.4, 0.5) is 14.5 Å². The van der Waals surface area contributed by atoms with E-state index in [4.69, 9.17) is 5.73 Å². The number of hydrogen-bond acceptors (Lipinski definition) is 6. The summed E-state index contributed by atoms with van der Waals surface area (Å²) >= 11 is 0. The van der Waals surface area contributed by atoms with Gasteiger partial charge in [0.1, 0.15) is 11.5 Å². The van der Waals surface area contributed by atoms with Crippen molar-refractivity contribution in [3.05, 3.63) is 49.8 Å². The average Bonchev–Trinajstić information content (AvgIpc) is 3.01. The zero-order valence-corrected chi connectivity index (χ0v) is 14.6. The number of nitrogens with zero attached hydrogens (tertiary/aromatic N) is 3. The Balaban J connectivity index is 2.26. The number of hydrogen-bond donors (Lipinski definition) is 1. The minimum Gasteiger partial charge on any atom is -0.365 e. The molecule has 27 heavy (non-hydrogen) atoms. The lowest BCUT2D eigenvalue weighted by Crippen LogP contribution is -2.28. The summed E-state index contributed by atoms with van der Waals surface area (Å²) < 4.78 is 31.1. The first-order valence-electron chi connectivity index (χ1n) is 8.45. The van der Waals surface area contributed by atoms with Crippen LogP contribution in [0, 0.1) is 21.7 Å². The number of aryl methyl sites for hydroxylation is 1. The first kappa shape index (κ1) is 18.9. The van der Waals surface area contributed by atoms with E-state index >= 15 is 4.39 Å². The minimum absolute atomic E-state index is 0.142. The van der Waals surface area contributed by atoms with Gasteiger partial charge in [-0.25, -0.2) is 8.78 Å². The van der Waals surface area contributed by atoms with Crippen LogP contribution in [0.15, 0.2) is 17.1 Å². The molecule has 1 atom stereocenters. The van der Waals surface area contributed by atoms with Crippen molar-refractivity contribution >= 4 is 22.4 Å². The summed E-state index contributed by atoms with van der Waals surface area (Å²) in [7, 11) is 0. The van der Waals surface area contributed by atoms with Gasteiger partial charge < -0.3 is 15.2 Å². The standard InChI is InChI=1S/C17H18F2N4O4/c1-2-21-7-11(13(24)8-23(26)27)17(25)10-5-12(18)16(14(19)15(10)21)22-4-3-9(20)6-22/h5,7,9H,2-4,6,8,20H2,1H3. The Bertz CT molecular complexity index is 1000. The van der Waals surface area contributed by atoms with E-state index in [1.165, 1.54) is 9.47 Å². The van der Waals surface area contributed by atoms with Gasteiger partial charge in [0.05, 0.1) is 16.5 Å². The first-order chi connectivity index (χ1) is 12.7. The number of nitro groups is 1. The number of aromatic nitrogens is 1. The van der Waals surface area contributed by atoms with Crippen LogP contribution in [-0.4, -0.2) is 40.9 Å². The lowest BCUT2D eigenvalue weighted by Gasteiger charge is -2.22.